The number of hydrogen-bond donors (Lipinski definition) is 1. The number of nitrogens with zero attached hydrogens (tertiary/aromatic N) is 3. The summed E-state index contributed by atoms with van der Waals surface area (Å²) < 4.78 is 3.23. The molecule has 6 nitrogen and oxygen atoms in total. The standard InChI is InChI=1S/C12H16N4O2/c1-15-8-10(16(2)12(18)14-11(8)17)13-9(15)7-5-3-4-6-7/h7H,3-6H2,1-2H3,(H,14,17,18). The highest BCUT2D eigenvalue weighted by Crippen LogP contribution is 2.33. The van der Waals surface area contributed by atoms with Gasteiger partial charge in [-0.25, -0.2) is 9.78 Å². The molecule has 2 aromatic heterocycles. The summed E-state index contributed by atoms with van der Waals surface area (Å²) in [6.45, 7) is 0. The highest BCUT2D eigenvalue weighted by atomic mass is 16.2. The first kappa shape index (κ1) is 11.3. The summed E-state index contributed by atoms with van der Waals surface area (Å²) in [6.07, 6.45) is 4.65. The second-order valence-electron chi connectivity index (χ2n) is 5.00. The third-order valence-corrected chi connectivity index (χ3v) is 3.89. The minimum absolute atomic E-state index is 0.354. The van der Waals surface area contributed by atoms with Gasteiger partial charge in [0.15, 0.2) is 11.2 Å². The van der Waals surface area contributed by atoms with Crippen LogP contribution in [0.5, 0.6) is 0 Å². The molecule has 6 heteroatoms. The molecule has 96 valence electrons. The van der Waals surface area contributed by atoms with Crippen molar-refractivity contribution in [3.63, 3.8) is 0 Å². The van der Waals surface area contributed by atoms with E-state index in [1.807, 2.05) is 11.6 Å². The van der Waals surface area contributed by atoms with Gasteiger partial charge in [-0.2, -0.15) is 0 Å². The van der Waals surface area contributed by atoms with Crippen LogP contribution in [0.2, 0.25) is 0 Å². The van der Waals surface area contributed by atoms with E-state index in [0.29, 0.717) is 17.1 Å². The molecule has 0 aromatic carbocycles. The van der Waals surface area contributed by atoms with E-state index in [4.69, 9.17) is 0 Å². The van der Waals surface area contributed by atoms with Gasteiger partial charge in [-0.1, -0.05) is 12.8 Å². The maximum Gasteiger partial charge on any atom is 0.329 e. The molecular weight excluding hydrogens is 232 g/mol. The van der Waals surface area contributed by atoms with Gasteiger partial charge in [-0.05, 0) is 12.8 Å². The molecule has 1 aliphatic rings. The average molecular weight is 248 g/mol. The van der Waals surface area contributed by atoms with Crippen molar-refractivity contribution in [2.75, 3.05) is 0 Å². The van der Waals surface area contributed by atoms with Crippen LogP contribution in [-0.4, -0.2) is 19.1 Å². The fourth-order valence-electron chi connectivity index (χ4n) is 2.87. The lowest BCUT2D eigenvalue weighted by Gasteiger charge is -2.07. The van der Waals surface area contributed by atoms with Crippen LogP contribution in [0, 0.1) is 0 Å². The van der Waals surface area contributed by atoms with E-state index in [-0.39, 0.29) is 5.56 Å². The van der Waals surface area contributed by atoms with Crippen molar-refractivity contribution in [1.29, 1.82) is 0 Å². The molecule has 0 aliphatic heterocycles. The SMILES string of the molecule is Cn1c(C2CCCC2)nc2c1c(=O)[nH]c(=O)n2C. The first-order chi connectivity index (χ1) is 8.59. The Labute approximate surface area is 103 Å². The van der Waals surface area contributed by atoms with Crippen LogP contribution in [0.4, 0.5) is 0 Å². The van der Waals surface area contributed by atoms with Gasteiger partial charge in [0.25, 0.3) is 5.56 Å². The van der Waals surface area contributed by atoms with Crippen LogP contribution in [0.15, 0.2) is 9.59 Å². The maximum absolute atomic E-state index is 11.9. The lowest BCUT2D eigenvalue weighted by atomic mass is 10.1. The molecule has 0 bridgehead atoms. The summed E-state index contributed by atoms with van der Waals surface area (Å²) in [7, 11) is 3.48. The predicted molar refractivity (Wildman–Crippen MR) is 67.8 cm³/mol. The predicted octanol–water partition coefficient (Wildman–Crippen LogP) is 0.618. The maximum atomic E-state index is 11.9. The zero-order valence-electron chi connectivity index (χ0n) is 10.6. The molecule has 1 fully saturated rings. The third-order valence-electron chi connectivity index (χ3n) is 3.89. The molecule has 0 amide bonds. The van der Waals surface area contributed by atoms with Gasteiger partial charge in [0.1, 0.15) is 5.82 Å². The van der Waals surface area contributed by atoms with Crippen LogP contribution in [0.1, 0.15) is 37.4 Å². The van der Waals surface area contributed by atoms with E-state index in [1.54, 1.807) is 7.05 Å². The number of nitrogens with one attached hydrogen (secondary N) is 1. The fraction of sp³-hybridized carbons (Fsp3) is 0.583. The van der Waals surface area contributed by atoms with Gasteiger partial charge < -0.3 is 4.57 Å². The monoisotopic (exact) mass is 248 g/mol. The van der Waals surface area contributed by atoms with Crippen molar-refractivity contribution in [3.05, 3.63) is 26.7 Å². The Morgan fingerprint density at radius 1 is 1.17 bits per heavy atom. The summed E-state index contributed by atoms with van der Waals surface area (Å²) in [5, 5.41) is 0. The highest BCUT2D eigenvalue weighted by Gasteiger charge is 2.24. The first-order valence-electron chi connectivity index (χ1n) is 6.25. The minimum Gasteiger partial charge on any atom is -0.325 e. The van der Waals surface area contributed by atoms with E-state index in [0.717, 1.165) is 18.7 Å². The highest BCUT2D eigenvalue weighted by molar-refractivity contribution is 5.70. The van der Waals surface area contributed by atoms with Gasteiger partial charge in [-0.15, -0.1) is 0 Å². The van der Waals surface area contributed by atoms with E-state index in [1.165, 1.54) is 17.4 Å². The Balaban J connectivity index is 2.34. The van der Waals surface area contributed by atoms with Crippen molar-refractivity contribution < 1.29 is 0 Å². The molecule has 3 rings (SSSR count). The molecule has 1 N–H and O–H groups in total. The van der Waals surface area contributed by atoms with Gasteiger partial charge in [0, 0.05) is 20.0 Å². The summed E-state index contributed by atoms with van der Waals surface area (Å²) >= 11 is 0. The lowest BCUT2D eigenvalue weighted by molar-refractivity contribution is 0.638. The van der Waals surface area contributed by atoms with E-state index in [9.17, 15) is 9.59 Å². The smallest absolute Gasteiger partial charge is 0.325 e. The number of imidazole rings is 1. The van der Waals surface area contributed by atoms with Crippen LogP contribution >= 0.6 is 0 Å². The molecule has 0 radical (unpaired) electrons. The first-order valence-corrected chi connectivity index (χ1v) is 6.25. The molecule has 0 spiro atoms. The van der Waals surface area contributed by atoms with Crippen molar-refractivity contribution in [2.45, 2.75) is 31.6 Å². The average Bonchev–Trinajstić information content (AvgIpc) is 2.93. The van der Waals surface area contributed by atoms with E-state index >= 15 is 0 Å². The topological polar surface area (TPSA) is 72.7 Å². The summed E-state index contributed by atoms with van der Waals surface area (Å²) in [4.78, 5) is 30.3. The zero-order chi connectivity index (χ0) is 12.9. The fourth-order valence-corrected chi connectivity index (χ4v) is 2.87. The number of rotatable bonds is 1. The third kappa shape index (κ3) is 1.45. The Hall–Kier alpha value is -1.85. The van der Waals surface area contributed by atoms with Gasteiger partial charge in [-0.3, -0.25) is 14.3 Å². The molecule has 1 aliphatic carbocycles. The molecule has 0 saturated heterocycles. The molecule has 0 atom stereocenters. The van der Waals surface area contributed by atoms with Crippen LogP contribution < -0.4 is 11.2 Å². The molecule has 2 heterocycles. The number of aromatic amines is 1. The molecule has 1 saturated carbocycles. The van der Waals surface area contributed by atoms with Gasteiger partial charge in [0.05, 0.1) is 0 Å². The van der Waals surface area contributed by atoms with Gasteiger partial charge >= 0.3 is 5.69 Å². The van der Waals surface area contributed by atoms with Crippen LogP contribution in [0.25, 0.3) is 11.2 Å². The van der Waals surface area contributed by atoms with E-state index < -0.39 is 5.69 Å². The Bertz CT molecular complexity index is 716. The normalized spacial score (nSPS) is 16.8. The van der Waals surface area contributed by atoms with Crippen LogP contribution in [0.3, 0.4) is 0 Å². The summed E-state index contributed by atoms with van der Waals surface area (Å²) in [5.74, 6) is 1.34. The Morgan fingerprint density at radius 2 is 1.83 bits per heavy atom. The second kappa shape index (κ2) is 3.83. The van der Waals surface area contributed by atoms with Crippen molar-refractivity contribution in [1.82, 2.24) is 19.1 Å². The quantitative estimate of drug-likeness (QED) is 0.804. The summed E-state index contributed by atoms with van der Waals surface area (Å²) in [5.41, 5.74) is 0.197. The number of aryl methyl sites for hydroxylation is 2. The number of H-pyrrole nitrogens is 1. The molecule has 18 heavy (non-hydrogen) atoms. The number of aromatic nitrogens is 4. The van der Waals surface area contributed by atoms with Gasteiger partial charge in [0.2, 0.25) is 0 Å². The number of fused-ring (bicyclic) bond motifs is 1. The lowest BCUT2D eigenvalue weighted by Crippen LogP contribution is -2.29. The van der Waals surface area contributed by atoms with E-state index in [2.05, 4.69) is 9.97 Å². The van der Waals surface area contributed by atoms with Crippen molar-refractivity contribution >= 4 is 11.2 Å². The Morgan fingerprint density at radius 3 is 2.50 bits per heavy atom. The van der Waals surface area contributed by atoms with Crippen molar-refractivity contribution in [3.8, 4) is 0 Å². The minimum atomic E-state index is -0.413. The van der Waals surface area contributed by atoms with Crippen LogP contribution in [-0.2, 0) is 14.1 Å². The zero-order valence-corrected chi connectivity index (χ0v) is 10.6. The molecular formula is C12H16N4O2. The molecule has 2 aromatic rings. The number of hydrogen-bond acceptors (Lipinski definition) is 3. The largest absolute Gasteiger partial charge is 0.329 e. The Kier molecular flexibility index (Phi) is 2.39. The molecule has 0 unspecified atom stereocenters. The van der Waals surface area contributed by atoms with Crippen molar-refractivity contribution in [2.24, 2.45) is 14.1 Å². The second-order valence-corrected chi connectivity index (χ2v) is 5.00. The summed E-state index contributed by atoms with van der Waals surface area (Å²) in [6, 6.07) is 0.